The van der Waals surface area contributed by atoms with Crippen LogP contribution >= 0.6 is 0 Å². The maximum atomic E-state index is 13.4. The number of sulfonamides is 1. The van der Waals surface area contributed by atoms with E-state index in [0.717, 1.165) is 18.4 Å². The zero-order chi connectivity index (χ0) is 21.0. The lowest BCUT2D eigenvalue weighted by atomic mass is 9.99. The molecule has 2 aromatic rings. The van der Waals surface area contributed by atoms with Crippen LogP contribution in [-0.2, 0) is 14.8 Å². The summed E-state index contributed by atoms with van der Waals surface area (Å²) in [6.45, 7) is 5.24. The number of carbonyl (C=O) groups excluding carboxylic acids is 1. The molecule has 0 aliphatic carbocycles. The van der Waals surface area contributed by atoms with Gasteiger partial charge in [-0.1, -0.05) is 24.6 Å². The fourth-order valence-electron chi connectivity index (χ4n) is 3.38. The van der Waals surface area contributed by atoms with Gasteiger partial charge in [0.05, 0.1) is 17.7 Å². The predicted molar refractivity (Wildman–Crippen MR) is 114 cm³/mol. The number of nitrogens with zero attached hydrogens (tertiary/aromatic N) is 2. The zero-order valence-electron chi connectivity index (χ0n) is 17.2. The van der Waals surface area contributed by atoms with Crippen LogP contribution < -0.4 is 9.04 Å². The van der Waals surface area contributed by atoms with E-state index in [2.05, 4.69) is 6.92 Å². The average Bonchev–Trinajstić information content (AvgIpc) is 2.73. The summed E-state index contributed by atoms with van der Waals surface area (Å²) in [5, 5.41) is 0. The van der Waals surface area contributed by atoms with Crippen molar-refractivity contribution in [2.24, 2.45) is 5.92 Å². The molecular weight excluding hydrogens is 388 g/mol. The molecule has 156 valence electrons. The Morgan fingerprint density at radius 1 is 1.07 bits per heavy atom. The van der Waals surface area contributed by atoms with Crippen LogP contribution in [0.25, 0.3) is 0 Å². The van der Waals surface area contributed by atoms with Crippen molar-refractivity contribution in [1.82, 2.24) is 4.90 Å². The molecule has 1 aliphatic rings. The molecule has 0 unspecified atom stereocenters. The molecule has 1 aliphatic heterocycles. The fourth-order valence-corrected chi connectivity index (χ4v) is 4.80. The van der Waals surface area contributed by atoms with Crippen molar-refractivity contribution in [3.8, 4) is 5.75 Å². The van der Waals surface area contributed by atoms with Crippen LogP contribution in [0.3, 0.4) is 0 Å². The highest BCUT2D eigenvalue weighted by Gasteiger charge is 2.30. The largest absolute Gasteiger partial charge is 0.497 e. The molecule has 1 amide bonds. The number of aryl methyl sites for hydroxylation is 1. The number of carbonyl (C=O) groups is 1. The first-order valence-electron chi connectivity index (χ1n) is 9.82. The van der Waals surface area contributed by atoms with Gasteiger partial charge in [0, 0.05) is 13.1 Å². The second-order valence-corrected chi connectivity index (χ2v) is 9.45. The third-order valence-electron chi connectivity index (χ3n) is 5.38. The van der Waals surface area contributed by atoms with Crippen LogP contribution in [-0.4, -0.2) is 46.0 Å². The third kappa shape index (κ3) is 4.90. The Bertz CT molecular complexity index is 932. The van der Waals surface area contributed by atoms with Crippen molar-refractivity contribution in [3.05, 3.63) is 54.1 Å². The number of methoxy groups -OCH3 is 1. The number of hydrogen-bond acceptors (Lipinski definition) is 4. The molecule has 2 aromatic carbocycles. The minimum absolute atomic E-state index is 0.124. The van der Waals surface area contributed by atoms with Gasteiger partial charge in [0.15, 0.2) is 0 Å². The SMILES string of the molecule is COc1ccc(S(=O)(=O)N(CC(=O)N2CCC(C)CC2)c2ccc(C)cc2)cc1. The van der Waals surface area contributed by atoms with Crippen molar-refractivity contribution in [1.29, 1.82) is 0 Å². The van der Waals surface area contributed by atoms with E-state index in [1.54, 1.807) is 29.2 Å². The molecule has 0 aromatic heterocycles. The van der Waals surface area contributed by atoms with Gasteiger partial charge in [-0.3, -0.25) is 9.10 Å². The number of rotatable bonds is 6. The van der Waals surface area contributed by atoms with Gasteiger partial charge in [0.1, 0.15) is 12.3 Å². The van der Waals surface area contributed by atoms with Gasteiger partial charge < -0.3 is 9.64 Å². The second-order valence-electron chi connectivity index (χ2n) is 7.59. The van der Waals surface area contributed by atoms with E-state index < -0.39 is 10.0 Å². The van der Waals surface area contributed by atoms with Crippen molar-refractivity contribution >= 4 is 21.6 Å². The second kappa shape index (κ2) is 8.86. The van der Waals surface area contributed by atoms with Crippen LogP contribution in [0, 0.1) is 12.8 Å². The first kappa shape index (κ1) is 21.2. The predicted octanol–water partition coefficient (Wildman–Crippen LogP) is 3.46. The average molecular weight is 417 g/mol. The number of amides is 1. The topological polar surface area (TPSA) is 66.9 Å². The Hall–Kier alpha value is -2.54. The monoisotopic (exact) mass is 416 g/mol. The molecule has 0 spiro atoms. The van der Waals surface area contributed by atoms with Gasteiger partial charge in [0.25, 0.3) is 10.0 Å². The minimum Gasteiger partial charge on any atom is -0.497 e. The van der Waals surface area contributed by atoms with Crippen LogP contribution in [0.1, 0.15) is 25.3 Å². The molecule has 1 saturated heterocycles. The molecule has 6 nitrogen and oxygen atoms in total. The summed E-state index contributed by atoms with van der Waals surface area (Å²) in [4.78, 5) is 14.8. The summed E-state index contributed by atoms with van der Waals surface area (Å²) in [5.41, 5.74) is 1.50. The maximum Gasteiger partial charge on any atom is 0.264 e. The maximum absolute atomic E-state index is 13.4. The third-order valence-corrected chi connectivity index (χ3v) is 7.17. The van der Waals surface area contributed by atoms with Gasteiger partial charge >= 0.3 is 0 Å². The summed E-state index contributed by atoms with van der Waals surface area (Å²) in [6.07, 6.45) is 1.89. The van der Waals surface area contributed by atoms with E-state index >= 15 is 0 Å². The summed E-state index contributed by atoms with van der Waals surface area (Å²) >= 11 is 0. The Morgan fingerprint density at radius 2 is 1.66 bits per heavy atom. The van der Waals surface area contributed by atoms with Gasteiger partial charge in [-0.05, 0) is 62.1 Å². The lowest BCUT2D eigenvalue weighted by molar-refractivity contribution is -0.130. The van der Waals surface area contributed by atoms with Gasteiger partial charge in [-0.25, -0.2) is 8.42 Å². The van der Waals surface area contributed by atoms with Gasteiger partial charge in [0.2, 0.25) is 5.91 Å². The van der Waals surface area contributed by atoms with Crippen LogP contribution in [0.15, 0.2) is 53.4 Å². The number of likely N-dealkylation sites (tertiary alicyclic amines) is 1. The fraction of sp³-hybridized carbons (Fsp3) is 0.409. The number of hydrogen-bond donors (Lipinski definition) is 0. The zero-order valence-corrected chi connectivity index (χ0v) is 18.0. The molecule has 0 bridgehead atoms. The number of ether oxygens (including phenoxy) is 1. The number of benzene rings is 2. The van der Waals surface area contributed by atoms with Crippen molar-refractivity contribution in [2.45, 2.75) is 31.6 Å². The summed E-state index contributed by atoms with van der Waals surface area (Å²) in [5.74, 6) is 0.995. The normalized spacial score (nSPS) is 15.2. The summed E-state index contributed by atoms with van der Waals surface area (Å²) in [6, 6.07) is 13.4. The lowest BCUT2D eigenvalue weighted by Gasteiger charge is -2.32. The molecule has 29 heavy (non-hydrogen) atoms. The van der Waals surface area contributed by atoms with Crippen molar-refractivity contribution in [3.63, 3.8) is 0 Å². The summed E-state index contributed by atoms with van der Waals surface area (Å²) < 4.78 is 33.1. The minimum atomic E-state index is -3.91. The van der Waals surface area contributed by atoms with Crippen molar-refractivity contribution < 1.29 is 17.9 Å². The Labute approximate surface area is 173 Å². The molecule has 7 heteroatoms. The van der Waals surface area contributed by atoms with Crippen LogP contribution in [0.5, 0.6) is 5.75 Å². The smallest absolute Gasteiger partial charge is 0.264 e. The van der Waals surface area contributed by atoms with E-state index in [1.165, 1.54) is 23.5 Å². The highest BCUT2D eigenvalue weighted by atomic mass is 32.2. The number of anilines is 1. The van der Waals surface area contributed by atoms with E-state index in [9.17, 15) is 13.2 Å². The van der Waals surface area contributed by atoms with Crippen molar-refractivity contribution in [2.75, 3.05) is 31.0 Å². The molecule has 1 heterocycles. The quantitative estimate of drug-likeness (QED) is 0.723. The molecule has 0 atom stereocenters. The molecule has 0 radical (unpaired) electrons. The Morgan fingerprint density at radius 3 is 2.21 bits per heavy atom. The van der Waals surface area contributed by atoms with E-state index in [4.69, 9.17) is 4.74 Å². The Balaban J connectivity index is 1.91. The van der Waals surface area contributed by atoms with E-state index in [1.807, 2.05) is 19.1 Å². The molecule has 0 saturated carbocycles. The van der Waals surface area contributed by atoms with E-state index in [0.29, 0.717) is 30.4 Å². The standard InChI is InChI=1S/C22H28N2O4S/c1-17-4-6-19(7-5-17)24(16-22(25)23-14-12-18(2)13-15-23)29(26,27)21-10-8-20(28-3)9-11-21/h4-11,18H,12-16H2,1-3H3. The molecule has 1 fully saturated rings. The summed E-state index contributed by atoms with van der Waals surface area (Å²) in [7, 11) is -2.38. The van der Waals surface area contributed by atoms with Gasteiger partial charge in [-0.2, -0.15) is 0 Å². The molecule has 3 rings (SSSR count). The van der Waals surface area contributed by atoms with Gasteiger partial charge in [-0.15, -0.1) is 0 Å². The highest BCUT2D eigenvalue weighted by Crippen LogP contribution is 2.26. The number of piperidine rings is 1. The van der Waals surface area contributed by atoms with Crippen LogP contribution in [0.2, 0.25) is 0 Å². The highest BCUT2D eigenvalue weighted by molar-refractivity contribution is 7.92. The first-order chi connectivity index (χ1) is 13.8. The van der Waals surface area contributed by atoms with Crippen LogP contribution in [0.4, 0.5) is 5.69 Å². The Kier molecular flexibility index (Phi) is 6.47. The lowest BCUT2D eigenvalue weighted by Crippen LogP contribution is -2.45. The molecular formula is C22H28N2O4S. The molecule has 0 N–H and O–H groups in total. The van der Waals surface area contributed by atoms with E-state index in [-0.39, 0.29) is 17.3 Å². The first-order valence-corrected chi connectivity index (χ1v) is 11.3.